The molecule has 4 heteroatoms. The van der Waals surface area contributed by atoms with Crippen LogP contribution in [0.5, 0.6) is 0 Å². The van der Waals surface area contributed by atoms with E-state index in [0.717, 1.165) is 21.3 Å². The van der Waals surface area contributed by atoms with Gasteiger partial charge in [0, 0.05) is 0 Å². The zero-order valence-corrected chi connectivity index (χ0v) is 11.1. The Morgan fingerprint density at radius 3 is 1.32 bits per heavy atom. The molecule has 100 valence electrons. The average Bonchev–Trinajstić information content (AvgIpc) is 2.40. The van der Waals surface area contributed by atoms with Gasteiger partial charge in [-0.3, -0.25) is 10.4 Å². The van der Waals surface area contributed by atoms with E-state index in [1.165, 1.54) is 0 Å². The van der Waals surface area contributed by atoms with E-state index in [-0.39, 0.29) is 6.67 Å². The average molecular weight is 258 g/mol. The van der Waals surface area contributed by atoms with Gasteiger partial charge in [-0.1, -0.05) is 35.4 Å². The Balaban J connectivity index is 2.03. The summed E-state index contributed by atoms with van der Waals surface area (Å²) in [4.78, 5) is 0. The third kappa shape index (κ3) is 3.47. The van der Waals surface area contributed by atoms with Crippen molar-refractivity contribution in [2.75, 3.05) is 16.8 Å². The molecular formula is C15H18N2O2. The van der Waals surface area contributed by atoms with Gasteiger partial charge in [-0.15, -0.1) is 0 Å². The van der Waals surface area contributed by atoms with Crippen LogP contribution in [0.4, 0.5) is 11.4 Å². The highest BCUT2D eigenvalue weighted by atomic mass is 16.5. The SMILES string of the molecule is Cc1ccc(N(O)CN(O)c2ccc(C)cc2)cc1. The highest BCUT2D eigenvalue weighted by molar-refractivity contribution is 5.49. The molecule has 0 aliphatic carbocycles. The van der Waals surface area contributed by atoms with Gasteiger partial charge in [0.2, 0.25) is 0 Å². The van der Waals surface area contributed by atoms with E-state index in [2.05, 4.69) is 0 Å². The van der Waals surface area contributed by atoms with Crippen LogP contribution >= 0.6 is 0 Å². The van der Waals surface area contributed by atoms with Crippen LogP contribution in [0, 0.1) is 13.8 Å². The van der Waals surface area contributed by atoms with Gasteiger partial charge in [-0.2, -0.15) is 0 Å². The van der Waals surface area contributed by atoms with Gasteiger partial charge in [0.05, 0.1) is 11.4 Å². The first-order valence-corrected chi connectivity index (χ1v) is 6.12. The van der Waals surface area contributed by atoms with Crippen molar-refractivity contribution in [1.29, 1.82) is 0 Å². The first kappa shape index (κ1) is 13.4. The minimum Gasteiger partial charge on any atom is -0.287 e. The summed E-state index contributed by atoms with van der Waals surface area (Å²) in [6.45, 7) is 3.94. The number of aryl methyl sites for hydroxylation is 2. The fourth-order valence-corrected chi connectivity index (χ4v) is 1.72. The Labute approximate surface area is 113 Å². The summed E-state index contributed by atoms with van der Waals surface area (Å²) in [5, 5.41) is 21.9. The maximum atomic E-state index is 9.93. The van der Waals surface area contributed by atoms with E-state index in [0.29, 0.717) is 11.4 Å². The molecule has 2 aromatic rings. The van der Waals surface area contributed by atoms with Gasteiger partial charge in [0.25, 0.3) is 0 Å². The fourth-order valence-electron chi connectivity index (χ4n) is 1.72. The van der Waals surface area contributed by atoms with Crippen molar-refractivity contribution >= 4 is 11.4 Å². The van der Waals surface area contributed by atoms with Gasteiger partial charge >= 0.3 is 0 Å². The van der Waals surface area contributed by atoms with Crippen molar-refractivity contribution in [2.24, 2.45) is 0 Å². The van der Waals surface area contributed by atoms with E-state index in [9.17, 15) is 10.4 Å². The van der Waals surface area contributed by atoms with Gasteiger partial charge < -0.3 is 0 Å². The van der Waals surface area contributed by atoms with Gasteiger partial charge in [0.1, 0.15) is 6.67 Å². The number of nitrogens with zero attached hydrogens (tertiary/aromatic N) is 2. The summed E-state index contributed by atoms with van der Waals surface area (Å²) in [6, 6.07) is 14.9. The number of hydrogen-bond donors (Lipinski definition) is 2. The minimum absolute atomic E-state index is 0.0217. The second-order valence-electron chi connectivity index (χ2n) is 4.61. The maximum Gasteiger partial charge on any atom is 0.141 e. The summed E-state index contributed by atoms with van der Waals surface area (Å²) in [7, 11) is 0. The van der Waals surface area contributed by atoms with Gasteiger partial charge in [-0.25, -0.2) is 10.1 Å². The zero-order valence-electron chi connectivity index (χ0n) is 11.1. The van der Waals surface area contributed by atoms with Crippen LogP contribution in [-0.4, -0.2) is 17.1 Å². The van der Waals surface area contributed by atoms with E-state index in [4.69, 9.17) is 0 Å². The lowest BCUT2D eigenvalue weighted by molar-refractivity contribution is 0.185. The number of anilines is 2. The molecule has 0 saturated heterocycles. The van der Waals surface area contributed by atoms with Crippen molar-refractivity contribution in [3.05, 3.63) is 59.7 Å². The standard InChI is InChI=1S/C15H18N2O2/c1-12-3-7-14(8-4-12)16(18)11-17(19)15-9-5-13(2)6-10-15/h3-10,18-19H,11H2,1-2H3. The molecule has 4 nitrogen and oxygen atoms in total. The molecule has 0 saturated carbocycles. The molecule has 0 atom stereocenters. The smallest absolute Gasteiger partial charge is 0.141 e. The minimum atomic E-state index is -0.0217. The molecule has 0 aliphatic rings. The molecule has 0 heterocycles. The highest BCUT2D eigenvalue weighted by Gasteiger charge is 2.08. The summed E-state index contributed by atoms with van der Waals surface area (Å²) in [5.41, 5.74) is 3.52. The first-order chi connectivity index (χ1) is 9.06. The molecule has 2 N–H and O–H groups in total. The Kier molecular flexibility index (Phi) is 4.04. The quantitative estimate of drug-likeness (QED) is 0.652. The lowest BCUT2D eigenvalue weighted by atomic mass is 10.2. The Bertz CT molecular complexity index is 473. The second-order valence-corrected chi connectivity index (χ2v) is 4.61. The van der Waals surface area contributed by atoms with Crippen molar-refractivity contribution in [1.82, 2.24) is 0 Å². The number of hydroxylamine groups is 2. The highest BCUT2D eigenvalue weighted by Crippen LogP contribution is 2.17. The summed E-state index contributed by atoms with van der Waals surface area (Å²) in [5.74, 6) is 0. The van der Waals surface area contributed by atoms with Gasteiger partial charge in [-0.05, 0) is 38.1 Å². The predicted octanol–water partition coefficient (Wildman–Crippen LogP) is 3.35. The zero-order chi connectivity index (χ0) is 13.8. The van der Waals surface area contributed by atoms with Crippen LogP contribution in [0.1, 0.15) is 11.1 Å². The third-order valence-corrected chi connectivity index (χ3v) is 2.93. The van der Waals surface area contributed by atoms with Crippen molar-refractivity contribution in [3.8, 4) is 0 Å². The molecule has 0 spiro atoms. The molecule has 0 aliphatic heterocycles. The molecular weight excluding hydrogens is 240 g/mol. The van der Waals surface area contributed by atoms with Crippen LogP contribution in [0.2, 0.25) is 0 Å². The lowest BCUT2D eigenvalue weighted by Gasteiger charge is -2.24. The molecule has 19 heavy (non-hydrogen) atoms. The summed E-state index contributed by atoms with van der Waals surface area (Å²) in [6.07, 6.45) is 0. The van der Waals surface area contributed by atoms with Crippen LogP contribution < -0.4 is 10.1 Å². The van der Waals surface area contributed by atoms with Crippen molar-refractivity contribution in [3.63, 3.8) is 0 Å². The van der Waals surface area contributed by atoms with Crippen LogP contribution in [0.3, 0.4) is 0 Å². The normalized spacial score (nSPS) is 10.3. The molecule has 2 rings (SSSR count). The van der Waals surface area contributed by atoms with E-state index >= 15 is 0 Å². The number of hydrogen-bond acceptors (Lipinski definition) is 4. The Morgan fingerprint density at radius 1 is 0.684 bits per heavy atom. The van der Waals surface area contributed by atoms with Gasteiger partial charge in [0.15, 0.2) is 0 Å². The van der Waals surface area contributed by atoms with Crippen molar-refractivity contribution in [2.45, 2.75) is 13.8 Å². The largest absolute Gasteiger partial charge is 0.287 e. The topological polar surface area (TPSA) is 46.9 Å². The molecule has 0 bridgehead atoms. The number of benzene rings is 2. The maximum absolute atomic E-state index is 9.93. The van der Waals surface area contributed by atoms with Crippen LogP contribution in [0.25, 0.3) is 0 Å². The molecule has 0 amide bonds. The molecule has 2 aromatic carbocycles. The lowest BCUT2D eigenvalue weighted by Crippen LogP contribution is -2.33. The van der Waals surface area contributed by atoms with Crippen LogP contribution in [-0.2, 0) is 0 Å². The van der Waals surface area contributed by atoms with E-state index in [1.807, 2.05) is 38.1 Å². The second kappa shape index (κ2) is 5.73. The Hall–Kier alpha value is -2.04. The molecule has 0 fully saturated rings. The van der Waals surface area contributed by atoms with Crippen LogP contribution in [0.15, 0.2) is 48.5 Å². The fraction of sp³-hybridized carbons (Fsp3) is 0.200. The predicted molar refractivity (Wildman–Crippen MR) is 75.8 cm³/mol. The molecule has 0 unspecified atom stereocenters. The summed E-state index contributed by atoms with van der Waals surface area (Å²) < 4.78 is 0. The summed E-state index contributed by atoms with van der Waals surface area (Å²) >= 11 is 0. The molecule has 0 radical (unpaired) electrons. The van der Waals surface area contributed by atoms with E-state index < -0.39 is 0 Å². The van der Waals surface area contributed by atoms with E-state index in [1.54, 1.807) is 24.3 Å². The first-order valence-electron chi connectivity index (χ1n) is 6.12. The number of rotatable bonds is 4. The monoisotopic (exact) mass is 258 g/mol. The molecule has 0 aromatic heterocycles. The third-order valence-electron chi connectivity index (χ3n) is 2.93. The van der Waals surface area contributed by atoms with Crippen molar-refractivity contribution < 1.29 is 10.4 Å². The Morgan fingerprint density at radius 2 is 1.00 bits per heavy atom.